The maximum atomic E-state index is 11.7. The summed E-state index contributed by atoms with van der Waals surface area (Å²) in [6.07, 6.45) is 0. The Balaban J connectivity index is 2.60. The van der Waals surface area contributed by atoms with Crippen LogP contribution in [0.3, 0.4) is 0 Å². The lowest BCUT2D eigenvalue weighted by atomic mass is 10.2. The third-order valence-electron chi connectivity index (χ3n) is 2.83. The highest BCUT2D eigenvalue weighted by atomic mass is 79.9. The number of halogens is 1. The summed E-state index contributed by atoms with van der Waals surface area (Å²) in [5.74, 6) is 0. The normalized spacial score (nSPS) is 11.3. The highest BCUT2D eigenvalue weighted by Crippen LogP contribution is 2.25. The molecule has 0 aliphatic carbocycles. The Morgan fingerprint density at radius 3 is 2.47 bits per heavy atom. The van der Waals surface area contributed by atoms with Crippen LogP contribution in [-0.2, 0) is 0 Å². The van der Waals surface area contributed by atoms with Gasteiger partial charge in [0.25, 0.3) is 5.56 Å². The highest BCUT2D eigenvalue weighted by molar-refractivity contribution is 9.10. The average Bonchev–Trinajstić information content (AvgIpc) is 2.34. The van der Waals surface area contributed by atoms with Crippen LogP contribution in [0, 0.1) is 13.8 Å². The monoisotopic (exact) mass is 321 g/mol. The standard InChI is InChI=1S/C11H8BrN5O2/c1-3-5(12)4(2)13-8-6(3)14-7-9(15-8)16-11(19)17-10(7)18/h1-2H3,(H2,13,15,16,17,18,19). The van der Waals surface area contributed by atoms with Gasteiger partial charge in [-0.25, -0.2) is 19.7 Å². The Morgan fingerprint density at radius 1 is 1.00 bits per heavy atom. The first kappa shape index (κ1) is 12.0. The Hall–Kier alpha value is -2.09. The molecule has 0 unspecified atom stereocenters. The minimum Gasteiger partial charge on any atom is -0.290 e. The first-order valence-electron chi connectivity index (χ1n) is 5.44. The maximum absolute atomic E-state index is 11.7. The molecule has 2 N–H and O–H groups in total. The number of hydrogen-bond acceptors (Lipinski definition) is 5. The minimum atomic E-state index is -0.614. The second-order valence-electron chi connectivity index (χ2n) is 4.14. The fourth-order valence-electron chi connectivity index (χ4n) is 1.89. The van der Waals surface area contributed by atoms with Crippen LogP contribution in [0.1, 0.15) is 11.3 Å². The quantitative estimate of drug-likeness (QED) is 0.599. The van der Waals surface area contributed by atoms with Crippen LogP contribution < -0.4 is 11.2 Å². The number of rotatable bonds is 0. The fourth-order valence-corrected chi connectivity index (χ4v) is 2.16. The molecule has 0 aromatic carbocycles. The Labute approximate surface area is 114 Å². The van der Waals surface area contributed by atoms with Gasteiger partial charge >= 0.3 is 5.69 Å². The first-order chi connectivity index (χ1) is 8.97. The number of aromatic nitrogens is 5. The van der Waals surface area contributed by atoms with Gasteiger partial charge in [0.05, 0.1) is 5.69 Å². The second-order valence-corrected chi connectivity index (χ2v) is 4.93. The van der Waals surface area contributed by atoms with Gasteiger partial charge in [0.1, 0.15) is 5.52 Å². The van der Waals surface area contributed by atoms with Crippen molar-refractivity contribution in [3.05, 3.63) is 36.6 Å². The molecule has 0 aliphatic heterocycles. The molecule has 0 saturated carbocycles. The topological polar surface area (TPSA) is 104 Å². The van der Waals surface area contributed by atoms with Gasteiger partial charge in [-0.05, 0) is 35.3 Å². The van der Waals surface area contributed by atoms with Crippen molar-refractivity contribution in [2.24, 2.45) is 0 Å². The number of aromatic amines is 2. The van der Waals surface area contributed by atoms with Crippen LogP contribution in [0.5, 0.6) is 0 Å². The summed E-state index contributed by atoms with van der Waals surface area (Å²) in [6.45, 7) is 3.70. The fraction of sp³-hybridized carbons (Fsp3) is 0.182. The van der Waals surface area contributed by atoms with E-state index in [1.54, 1.807) is 0 Å². The van der Waals surface area contributed by atoms with Gasteiger partial charge in [-0.15, -0.1) is 0 Å². The number of hydrogen-bond donors (Lipinski definition) is 2. The lowest BCUT2D eigenvalue weighted by Gasteiger charge is -2.06. The highest BCUT2D eigenvalue weighted by Gasteiger charge is 2.12. The van der Waals surface area contributed by atoms with E-state index in [4.69, 9.17) is 0 Å². The molecule has 0 saturated heterocycles. The van der Waals surface area contributed by atoms with Crippen LogP contribution in [0.2, 0.25) is 0 Å². The molecule has 3 aromatic heterocycles. The third-order valence-corrected chi connectivity index (χ3v) is 4.00. The number of pyridine rings is 1. The second kappa shape index (κ2) is 3.95. The van der Waals surface area contributed by atoms with Gasteiger partial charge in [0, 0.05) is 4.47 Å². The van der Waals surface area contributed by atoms with E-state index in [0.29, 0.717) is 11.2 Å². The van der Waals surface area contributed by atoms with Gasteiger partial charge in [0.15, 0.2) is 16.8 Å². The van der Waals surface area contributed by atoms with Gasteiger partial charge in [-0.3, -0.25) is 14.8 Å². The van der Waals surface area contributed by atoms with Crippen molar-refractivity contribution in [1.29, 1.82) is 0 Å². The summed E-state index contributed by atoms with van der Waals surface area (Å²) in [5, 5.41) is 0. The zero-order chi connectivity index (χ0) is 13.7. The predicted molar refractivity (Wildman–Crippen MR) is 73.3 cm³/mol. The number of aryl methyl sites for hydroxylation is 2. The maximum Gasteiger partial charge on any atom is 0.327 e. The summed E-state index contributed by atoms with van der Waals surface area (Å²) in [4.78, 5) is 40.2. The Morgan fingerprint density at radius 2 is 1.74 bits per heavy atom. The van der Waals surface area contributed by atoms with E-state index in [2.05, 4.69) is 40.8 Å². The van der Waals surface area contributed by atoms with Crippen molar-refractivity contribution in [3.8, 4) is 0 Å². The molecule has 3 aromatic rings. The van der Waals surface area contributed by atoms with Crippen molar-refractivity contribution in [3.63, 3.8) is 0 Å². The molecular weight excluding hydrogens is 314 g/mol. The third kappa shape index (κ3) is 1.75. The van der Waals surface area contributed by atoms with Crippen molar-refractivity contribution < 1.29 is 0 Å². The molecule has 8 heteroatoms. The SMILES string of the molecule is Cc1nc2nc3[nH]c(=O)[nH]c(=O)c3nc2c(C)c1Br. The number of H-pyrrole nitrogens is 2. The van der Waals surface area contributed by atoms with E-state index in [9.17, 15) is 9.59 Å². The molecule has 3 heterocycles. The molecule has 0 atom stereocenters. The van der Waals surface area contributed by atoms with E-state index in [-0.39, 0.29) is 11.2 Å². The lowest BCUT2D eigenvalue weighted by molar-refractivity contribution is 1.04. The Kier molecular flexibility index (Phi) is 2.49. The smallest absolute Gasteiger partial charge is 0.290 e. The summed E-state index contributed by atoms with van der Waals surface area (Å²) >= 11 is 3.42. The summed E-state index contributed by atoms with van der Waals surface area (Å²) < 4.78 is 0.828. The molecule has 0 fully saturated rings. The van der Waals surface area contributed by atoms with Crippen LogP contribution in [0.4, 0.5) is 0 Å². The van der Waals surface area contributed by atoms with Crippen LogP contribution in [-0.4, -0.2) is 24.9 Å². The van der Waals surface area contributed by atoms with Gasteiger partial charge in [-0.2, -0.15) is 0 Å². The van der Waals surface area contributed by atoms with Gasteiger partial charge < -0.3 is 0 Å². The molecule has 0 amide bonds. The largest absolute Gasteiger partial charge is 0.327 e. The van der Waals surface area contributed by atoms with E-state index >= 15 is 0 Å². The zero-order valence-corrected chi connectivity index (χ0v) is 11.6. The van der Waals surface area contributed by atoms with Gasteiger partial charge in [0.2, 0.25) is 0 Å². The molecule has 19 heavy (non-hydrogen) atoms. The van der Waals surface area contributed by atoms with Crippen LogP contribution in [0.25, 0.3) is 22.3 Å². The van der Waals surface area contributed by atoms with E-state index in [1.807, 2.05) is 13.8 Å². The van der Waals surface area contributed by atoms with Crippen molar-refractivity contribution in [1.82, 2.24) is 24.9 Å². The predicted octanol–water partition coefficient (Wildman–Crippen LogP) is 0.934. The number of fused-ring (bicyclic) bond motifs is 2. The molecule has 0 radical (unpaired) electrons. The van der Waals surface area contributed by atoms with E-state index in [1.165, 1.54) is 0 Å². The van der Waals surface area contributed by atoms with Crippen molar-refractivity contribution in [2.45, 2.75) is 13.8 Å². The van der Waals surface area contributed by atoms with Crippen LogP contribution >= 0.6 is 15.9 Å². The lowest BCUT2D eigenvalue weighted by Crippen LogP contribution is -2.23. The van der Waals surface area contributed by atoms with Crippen molar-refractivity contribution in [2.75, 3.05) is 0 Å². The molecule has 7 nitrogen and oxygen atoms in total. The first-order valence-corrected chi connectivity index (χ1v) is 6.23. The summed E-state index contributed by atoms with van der Waals surface area (Å²) in [7, 11) is 0. The molecular formula is C11H8BrN5O2. The molecule has 0 aliphatic rings. The van der Waals surface area contributed by atoms with Crippen LogP contribution in [0.15, 0.2) is 14.1 Å². The molecule has 3 rings (SSSR count). The van der Waals surface area contributed by atoms with Gasteiger partial charge in [-0.1, -0.05) is 0 Å². The minimum absolute atomic E-state index is 0.0905. The van der Waals surface area contributed by atoms with E-state index < -0.39 is 11.2 Å². The molecule has 0 spiro atoms. The zero-order valence-electron chi connectivity index (χ0n) is 10.0. The summed E-state index contributed by atoms with van der Waals surface area (Å²) in [6, 6.07) is 0. The summed E-state index contributed by atoms with van der Waals surface area (Å²) in [5.41, 5.74) is 1.59. The van der Waals surface area contributed by atoms with Crippen molar-refractivity contribution >= 4 is 38.3 Å². The van der Waals surface area contributed by atoms with E-state index in [0.717, 1.165) is 15.7 Å². The number of nitrogens with one attached hydrogen (secondary N) is 2. The molecule has 96 valence electrons. The average molecular weight is 322 g/mol. The Bertz CT molecular complexity index is 944. The molecule has 0 bridgehead atoms. The number of nitrogens with zero attached hydrogens (tertiary/aromatic N) is 3.